The third-order valence-electron chi connectivity index (χ3n) is 4.31. The molecule has 6 nitrogen and oxygen atoms in total. The van der Waals surface area contributed by atoms with Crippen molar-refractivity contribution in [2.24, 2.45) is 4.99 Å². The zero-order valence-corrected chi connectivity index (χ0v) is 18.9. The molecule has 2 aromatic rings. The Morgan fingerprint density at radius 1 is 1.16 bits per heavy atom. The number of amidine groups is 1. The van der Waals surface area contributed by atoms with Crippen LogP contribution in [0.2, 0.25) is 0 Å². The topological polar surface area (TPSA) is 68.2 Å². The minimum absolute atomic E-state index is 0.0741. The fraction of sp³-hybridized carbons (Fsp3) is 0.292. The van der Waals surface area contributed by atoms with Crippen molar-refractivity contribution in [3.05, 3.63) is 64.6 Å². The van der Waals surface area contributed by atoms with Crippen LogP contribution in [-0.2, 0) is 9.53 Å². The van der Waals surface area contributed by atoms with E-state index in [0.717, 1.165) is 11.3 Å². The van der Waals surface area contributed by atoms with Crippen LogP contribution in [0.5, 0.6) is 5.75 Å². The molecule has 31 heavy (non-hydrogen) atoms. The number of benzene rings is 2. The van der Waals surface area contributed by atoms with E-state index in [4.69, 9.17) is 9.47 Å². The molecule has 2 aromatic carbocycles. The van der Waals surface area contributed by atoms with Crippen molar-refractivity contribution in [3.8, 4) is 5.75 Å². The summed E-state index contributed by atoms with van der Waals surface area (Å²) in [4.78, 5) is 31.7. The van der Waals surface area contributed by atoms with Gasteiger partial charge in [-0.05, 0) is 81.4 Å². The quantitative estimate of drug-likeness (QED) is 0.435. The summed E-state index contributed by atoms with van der Waals surface area (Å²) in [7, 11) is 0. The minimum atomic E-state index is -0.392. The second-order valence-corrected chi connectivity index (χ2v) is 8.07. The number of likely N-dealkylation sites (N-methyl/N-ethyl adjacent to an activating group) is 1. The van der Waals surface area contributed by atoms with Gasteiger partial charge in [-0.2, -0.15) is 0 Å². The predicted molar refractivity (Wildman–Crippen MR) is 125 cm³/mol. The van der Waals surface area contributed by atoms with E-state index in [9.17, 15) is 9.59 Å². The summed E-state index contributed by atoms with van der Waals surface area (Å²) in [5.74, 6) is 0.274. The van der Waals surface area contributed by atoms with Gasteiger partial charge < -0.3 is 9.47 Å². The number of thioether (sulfide) groups is 1. The number of carbonyl (C=O) groups excluding carboxylic acids is 2. The highest BCUT2D eigenvalue weighted by Crippen LogP contribution is 2.34. The molecule has 1 amide bonds. The van der Waals surface area contributed by atoms with Crippen LogP contribution in [0.4, 0.5) is 5.69 Å². The molecule has 3 rings (SSSR count). The van der Waals surface area contributed by atoms with Crippen molar-refractivity contribution in [1.29, 1.82) is 0 Å². The Kier molecular flexibility index (Phi) is 7.52. The second-order valence-electron chi connectivity index (χ2n) is 7.06. The number of esters is 1. The normalized spacial score (nSPS) is 16.4. The van der Waals surface area contributed by atoms with Gasteiger partial charge in [0.05, 0.1) is 28.9 Å². The summed E-state index contributed by atoms with van der Waals surface area (Å²) in [6.45, 7) is 8.42. The van der Waals surface area contributed by atoms with Crippen LogP contribution in [0.3, 0.4) is 0 Å². The summed E-state index contributed by atoms with van der Waals surface area (Å²) >= 11 is 1.32. The monoisotopic (exact) mass is 438 g/mol. The summed E-state index contributed by atoms with van der Waals surface area (Å²) in [5, 5.41) is 0.578. The zero-order valence-electron chi connectivity index (χ0n) is 18.1. The molecule has 162 valence electrons. The van der Waals surface area contributed by atoms with Crippen molar-refractivity contribution >= 4 is 40.6 Å². The van der Waals surface area contributed by atoms with E-state index in [1.165, 1.54) is 11.8 Å². The first-order valence-corrected chi connectivity index (χ1v) is 11.1. The van der Waals surface area contributed by atoms with Crippen molar-refractivity contribution < 1.29 is 19.1 Å². The largest absolute Gasteiger partial charge is 0.491 e. The molecule has 0 bridgehead atoms. The molecular weight excluding hydrogens is 412 g/mol. The van der Waals surface area contributed by atoms with E-state index in [0.29, 0.717) is 34.5 Å². The molecule has 0 saturated carbocycles. The van der Waals surface area contributed by atoms with Gasteiger partial charge in [-0.3, -0.25) is 9.69 Å². The van der Waals surface area contributed by atoms with Gasteiger partial charge in [0, 0.05) is 6.54 Å². The molecule has 1 saturated heterocycles. The van der Waals surface area contributed by atoms with Crippen LogP contribution in [0.1, 0.15) is 43.6 Å². The van der Waals surface area contributed by atoms with E-state index < -0.39 is 5.97 Å². The van der Waals surface area contributed by atoms with Crippen LogP contribution in [0.15, 0.2) is 58.4 Å². The van der Waals surface area contributed by atoms with E-state index >= 15 is 0 Å². The maximum absolute atomic E-state index is 12.9. The molecule has 1 heterocycles. The van der Waals surface area contributed by atoms with Gasteiger partial charge in [-0.25, -0.2) is 9.79 Å². The number of carbonyl (C=O) groups is 2. The average Bonchev–Trinajstić information content (AvgIpc) is 3.02. The number of amides is 1. The highest BCUT2D eigenvalue weighted by atomic mass is 32.2. The predicted octanol–water partition coefficient (Wildman–Crippen LogP) is 5.27. The van der Waals surface area contributed by atoms with Crippen molar-refractivity contribution in [3.63, 3.8) is 0 Å². The first-order chi connectivity index (χ1) is 14.9. The Labute approximate surface area is 187 Å². The second kappa shape index (κ2) is 10.3. The maximum Gasteiger partial charge on any atom is 0.338 e. The van der Waals surface area contributed by atoms with Gasteiger partial charge in [-0.15, -0.1) is 0 Å². The third-order valence-corrected chi connectivity index (χ3v) is 5.32. The van der Waals surface area contributed by atoms with Crippen LogP contribution >= 0.6 is 11.8 Å². The fourth-order valence-electron chi connectivity index (χ4n) is 3.00. The number of aliphatic imine (C=N–C) groups is 1. The lowest BCUT2D eigenvalue weighted by Crippen LogP contribution is -2.28. The van der Waals surface area contributed by atoms with E-state index in [2.05, 4.69) is 4.99 Å². The first-order valence-electron chi connectivity index (χ1n) is 10.2. The highest BCUT2D eigenvalue weighted by molar-refractivity contribution is 8.18. The lowest BCUT2D eigenvalue weighted by molar-refractivity contribution is -0.122. The van der Waals surface area contributed by atoms with E-state index in [1.54, 1.807) is 36.1 Å². The number of nitrogens with zero attached hydrogens (tertiary/aromatic N) is 2. The van der Waals surface area contributed by atoms with Crippen LogP contribution in [-0.4, -0.2) is 41.2 Å². The van der Waals surface area contributed by atoms with Crippen LogP contribution in [0, 0.1) is 0 Å². The van der Waals surface area contributed by atoms with Gasteiger partial charge in [0.25, 0.3) is 5.91 Å². The van der Waals surface area contributed by atoms with Gasteiger partial charge in [0.1, 0.15) is 5.75 Å². The van der Waals surface area contributed by atoms with Gasteiger partial charge in [-0.1, -0.05) is 18.2 Å². The Bertz CT molecular complexity index is 1030. The summed E-state index contributed by atoms with van der Waals surface area (Å²) in [5.41, 5.74) is 1.90. The minimum Gasteiger partial charge on any atom is -0.491 e. The molecule has 1 fully saturated rings. The van der Waals surface area contributed by atoms with E-state index in [-0.39, 0.29) is 12.0 Å². The Hall–Kier alpha value is -3.06. The van der Waals surface area contributed by atoms with E-state index in [1.807, 2.05) is 51.1 Å². The van der Waals surface area contributed by atoms with Gasteiger partial charge in [0.2, 0.25) is 0 Å². The first kappa shape index (κ1) is 22.6. The summed E-state index contributed by atoms with van der Waals surface area (Å²) in [6, 6.07) is 14.5. The molecule has 0 N–H and O–H groups in total. The molecule has 0 radical (unpaired) electrons. The number of rotatable bonds is 7. The number of hydrogen-bond acceptors (Lipinski definition) is 6. The summed E-state index contributed by atoms with van der Waals surface area (Å²) in [6.07, 6.45) is 1.92. The molecule has 0 aromatic heterocycles. The standard InChI is InChI=1S/C24H26N2O4S/c1-5-26-22(27)21(14-17-9-7-12-20(13-17)30-16(3)4)31-24(26)25-19-11-8-10-18(15-19)23(28)29-6-2/h7-16H,5-6H2,1-4H3. The molecule has 1 aliphatic rings. The lowest BCUT2D eigenvalue weighted by atomic mass is 10.2. The molecule has 1 aliphatic heterocycles. The molecular formula is C24H26N2O4S. The summed E-state index contributed by atoms with van der Waals surface area (Å²) < 4.78 is 10.8. The highest BCUT2D eigenvalue weighted by Gasteiger charge is 2.32. The Morgan fingerprint density at radius 3 is 2.65 bits per heavy atom. The molecule has 0 spiro atoms. The third kappa shape index (κ3) is 5.76. The van der Waals surface area contributed by atoms with Crippen LogP contribution < -0.4 is 4.74 Å². The number of hydrogen-bond donors (Lipinski definition) is 0. The smallest absolute Gasteiger partial charge is 0.338 e. The average molecular weight is 439 g/mol. The lowest BCUT2D eigenvalue weighted by Gasteiger charge is -2.12. The number of ether oxygens (including phenoxy) is 2. The van der Waals surface area contributed by atoms with Crippen molar-refractivity contribution in [1.82, 2.24) is 4.90 Å². The fourth-order valence-corrected chi connectivity index (χ4v) is 4.06. The van der Waals surface area contributed by atoms with Gasteiger partial charge in [0.15, 0.2) is 5.17 Å². The van der Waals surface area contributed by atoms with Gasteiger partial charge >= 0.3 is 5.97 Å². The Morgan fingerprint density at radius 2 is 1.94 bits per heavy atom. The maximum atomic E-state index is 12.9. The molecule has 0 aliphatic carbocycles. The molecule has 0 atom stereocenters. The SMILES string of the molecule is CCOC(=O)c1cccc(N=C2SC(=Cc3cccc(OC(C)C)c3)C(=O)N2CC)c1. The van der Waals surface area contributed by atoms with Crippen molar-refractivity contribution in [2.45, 2.75) is 33.8 Å². The molecule has 7 heteroatoms. The molecule has 0 unspecified atom stereocenters. The Balaban J connectivity index is 1.87. The van der Waals surface area contributed by atoms with Crippen molar-refractivity contribution in [2.75, 3.05) is 13.2 Å². The van der Waals surface area contributed by atoms with Crippen LogP contribution in [0.25, 0.3) is 6.08 Å². The zero-order chi connectivity index (χ0) is 22.4.